The van der Waals surface area contributed by atoms with Crippen LogP contribution in [0.3, 0.4) is 0 Å². The summed E-state index contributed by atoms with van der Waals surface area (Å²) in [7, 11) is 0. The molecular formula is C13H18N6. The zero-order valence-electron chi connectivity index (χ0n) is 11.1. The maximum absolute atomic E-state index is 5.69. The van der Waals surface area contributed by atoms with Crippen LogP contribution in [0.25, 0.3) is 0 Å². The maximum Gasteiger partial charge on any atom is 0.223 e. The van der Waals surface area contributed by atoms with E-state index in [2.05, 4.69) is 25.6 Å². The molecule has 6 nitrogen and oxygen atoms in total. The first-order valence-electron chi connectivity index (χ1n) is 6.25. The molecule has 2 heterocycles. The summed E-state index contributed by atoms with van der Waals surface area (Å²) in [5.74, 6) is 1.64. The molecule has 0 fully saturated rings. The highest BCUT2D eigenvalue weighted by atomic mass is 15.1. The van der Waals surface area contributed by atoms with Crippen molar-refractivity contribution in [2.24, 2.45) is 0 Å². The van der Waals surface area contributed by atoms with Gasteiger partial charge in [0.25, 0.3) is 0 Å². The lowest BCUT2D eigenvalue weighted by Crippen LogP contribution is -2.12. The number of pyridine rings is 1. The Kier molecular flexibility index (Phi) is 4.12. The van der Waals surface area contributed by atoms with Crippen LogP contribution in [0.4, 0.5) is 17.6 Å². The Morgan fingerprint density at radius 1 is 1.26 bits per heavy atom. The highest BCUT2D eigenvalue weighted by Gasteiger charge is 2.08. The molecule has 0 aliphatic heterocycles. The monoisotopic (exact) mass is 258 g/mol. The second-order valence-corrected chi connectivity index (χ2v) is 4.15. The molecule has 100 valence electrons. The van der Waals surface area contributed by atoms with Gasteiger partial charge in [-0.15, -0.1) is 0 Å². The first kappa shape index (κ1) is 13.1. The Morgan fingerprint density at radius 3 is 2.74 bits per heavy atom. The Bertz CT molecular complexity index is 528. The number of anilines is 3. The third kappa shape index (κ3) is 3.54. The topological polar surface area (TPSA) is 88.8 Å². The summed E-state index contributed by atoms with van der Waals surface area (Å²) in [6.07, 6.45) is 1.77. The molecule has 2 aromatic heterocycles. The van der Waals surface area contributed by atoms with E-state index >= 15 is 0 Å². The quantitative estimate of drug-likeness (QED) is 0.760. The summed E-state index contributed by atoms with van der Waals surface area (Å²) in [5.41, 5.74) is 6.64. The molecule has 0 amide bonds. The molecule has 4 N–H and O–H groups in total. The number of rotatable bonds is 5. The molecule has 1 atom stereocenters. The molecule has 2 aromatic rings. The van der Waals surface area contributed by atoms with E-state index in [0.29, 0.717) is 11.6 Å². The van der Waals surface area contributed by atoms with Gasteiger partial charge in [-0.3, -0.25) is 4.98 Å². The van der Waals surface area contributed by atoms with Crippen molar-refractivity contribution in [1.29, 1.82) is 0 Å². The summed E-state index contributed by atoms with van der Waals surface area (Å²) in [6, 6.07) is 7.69. The minimum absolute atomic E-state index is 0.0463. The normalized spacial score (nSPS) is 11.9. The lowest BCUT2D eigenvalue weighted by molar-refractivity contribution is 0.831. The van der Waals surface area contributed by atoms with Crippen LogP contribution < -0.4 is 16.4 Å². The molecule has 0 bridgehead atoms. The minimum Gasteiger partial charge on any atom is -0.370 e. The summed E-state index contributed by atoms with van der Waals surface area (Å²) in [5, 5.41) is 6.38. The van der Waals surface area contributed by atoms with E-state index in [4.69, 9.17) is 5.73 Å². The second kappa shape index (κ2) is 5.99. The zero-order valence-corrected chi connectivity index (χ0v) is 11.1. The van der Waals surface area contributed by atoms with Gasteiger partial charge in [0.15, 0.2) is 0 Å². The van der Waals surface area contributed by atoms with Gasteiger partial charge in [-0.05, 0) is 26.0 Å². The highest BCUT2D eigenvalue weighted by molar-refractivity contribution is 5.51. The average molecular weight is 258 g/mol. The predicted molar refractivity (Wildman–Crippen MR) is 76.9 cm³/mol. The van der Waals surface area contributed by atoms with E-state index in [0.717, 1.165) is 12.2 Å². The SMILES string of the molecule is CCNc1cc(NC(C)c2ccccn2)nc(N)n1. The van der Waals surface area contributed by atoms with Crippen LogP contribution in [0.2, 0.25) is 0 Å². The van der Waals surface area contributed by atoms with Crippen molar-refractivity contribution >= 4 is 17.6 Å². The third-order valence-corrected chi connectivity index (χ3v) is 2.60. The Balaban J connectivity index is 2.14. The van der Waals surface area contributed by atoms with Gasteiger partial charge >= 0.3 is 0 Å². The van der Waals surface area contributed by atoms with Crippen LogP contribution in [-0.2, 0) is 0 Å². The van der Waals surface area contributed by atoms with Crippen molar-refractivity contribution in [3.63, 3.8) is 0 Å². The van der Waals surface area contributed by atoms with E-state index in [1.165, 1.54) is 0 Å². The van der Waals surface area contributed by atoms with Crippen molar-refractivity contribution < 1.29 is 0 Å². The average Bonchev–Trinajstić information content (AvgIpc) is 2.39. The van der Waals surface area contributed by atoms with Crippen molar-refractivity contribution in [2.75, 3.05) is 22.9 Å². The minimum atomic E-state index is 0.0463. The van der Waals surface area contributed by atoms with Crippen molar-refractivity contribution in [1.82, 2.24) is 15.0 Å². The van der Waals surface area contributed by atoms with Crippen molar-refractivity contribution in [3.05, 3.63) is 36.2 Å². The number of aromatic nitrogens is 3. The van der Waals surface area contributed by atoms with Gasteiger partial charge in [0.1, 0.15) is 11.6 Å². The number of nitrogen functional groups attached to an aromatic ring is 1. The fourth-order valence-electron chi connectivity index (χ4n) is 1.74. The van der Waals surface area contributed by atoms with E-state index in [-0.39, 0.29) is 12.0 Å². The zero-order chi connectivity index (χ0) is 13.7. The van der Waals surface area contributed by atoms with Gasteiger partial charge in [-0.2, -0.15) is 9.97 Å². The van der Waals surface area contributed by atoms with Crippen LogP contribution in [0.1, 0.15) is 25.6 Å². The Labute approximate surface area is 112 Å². The van der Waals surface area contributed by atoms with Crippen LogP contribution in [0.15, 0.2) is 30.5 Å². The van der Waals surface area contributed by atoms with E-state index < -0.39 is 0 Å². The fourth-order valence-corrected chi connectivity index (χ4v) is 1.74. The molecule has 19 heavy (non-hydrogen) atoms. The summed E-state index contributed by atoms with van der Waals surface area (Å²) < 4.78 is 0. The van der Waals surface area contributed by atoms with Gasteiger partial charge in [0.05, 0.1) is 11.7 Å². The summed E-state index contributed by atoms with van der Waals surface area (Å²) >= 11 is 0. The van der Waals surface area contributed by atoms with Gasteiger partial charge < -0.3 is 16.4 Å². The maximum atomic E-state index is 5.69. The van der Waals surface area contributed by atoms with Gasteiger partial charge in [0, 0.05) is 18.8 Å². The molecular weight excluding hydrogens is 240 g/mol. The summed E-state index contributed by atoms with van der Waals surface area (Å²) in [4.78, 5) is 12.6. The molecule has 1 unspecified atom stereocenters. The predicted octanol–water partition coefficient (Wildman–Crippen LogP) is 2.06. The molecule has 2 rings (SSSR count). The molecule has 0 radical (unpaired) electrons. The van der Waals surface area contributed by atoms with Crippen molar-refractivity contribution in [2.45, 2.75) is 19.9 Å². The molecule has 6 heteroatoms. The van der Waals surface area contributed by atoms with Gasteiger partial charge in [-0.25, -0.2) is 0 Å². The van der Waals surface area contributed by atoms with Crippen LogP contribution >= 0.6 is 0 Å². The standard InChI is InChI=1S/C13H18N6/c1-3-15-11-8-12(19-13(14)18-11)17-9(2)10-6-4-5-7-16-10/h4-9H,3H2,1-2H3,(H4,14,15,17,18,19). The number of nitrogens with one attached hydrogen (secondary N) is 2. The smallest absolute Gasteiger partial charge is 0.223 e. The second-order valence-electron chi connectivity index (χ2n) is 4.15. The fraction of sp³-hybridized carbons (Fsp3) is 0.308. The Hall–Kier alpha value is -2.37. The number of hydrogen-bond donors (Lipinski definition) is 3. The Morgan fingerprint density at radius 2 is 2.05 bits per heavy atom. The molecule has 0 aliphatic carbocycles. The van der Waals surface area contributed by atoms with E-state index in [1.807, 2.05) is 38.1 Å². The first-order chi connectivity index (χ1) is 9.19. The van der Waals surface area contributed by atoms with Gasteiger partial charge in [-0.1, -0.05) is 6.07 Å². The lowest BCUT2D eigenvalue weighted by Gasteiger charge is -2.15. The van der Waals surface area contributed by atoms with Crippen LogP contribution in [0, 0.1) is 0 Å². The van der Waals surface area contributed by atoms with Crippen LogP contribution in [-0.4, -0.2) is 21.5 Å². The molecule has 0 aliphatic rings. The van der Waals surface area contributed by atoms with Crippen LogP contribution in [0.5, 0.6) is 0 Å². The van der Waals surface area contributed by atoms with Gasteiger partial charge in [0.2, 0.25) is 5.95 Å². The lowest BCUT2D eigenvalue weighted by atomic mass is 10.2. The van der Waals surface area contributed by atoms with Crippen molar-refractivity contribution in [3.8, 4) is 0 Å². The number of nitrogens with two attached hydrogens (primary N) is 1. The number of nitrogens with zero attached hydrogens (tertiary/aromatic N) is 3. The summed E-state index contributed by atoms with van der Waals surface area (Å²) in [6.45, 7) is 4.81. The molecule has 0 saturated heterocycles. The number of hydrogen-bond acceptors (Lipinski definition) is 6. The largest absolute Gasteiger partial charge is 0.370 e. The molecule has 0 saturated carbocycles. The molecule has 0 spiro atoms. The highest BCUT2D eigenvalue weighted by Crippen LogP contribution is 2.18. The first-order valence-corrected chi connectivity index (χ1v) is 6.25. The van der Waals surface area contributed by atoms with E-state index in [9.17, 15) is 0 Å². The molecule has 0 aromatic carbocycles. The van der Waals surface area contributed by atoms with E-state index in [1.54, 1.807) is 6.20 Å². The third-order valence-electron chi connectivity index (χ3n) is 2.60.